The van der Waals surface area contributed by atoms with E-state index in [1.165, 1.54) is 0 Å². The number of aromatic nitrogens is 4. The summed E-state index contributed by atoms with van der Waals surface area (Å²) in [6.45, 7) is 1.99. The summed E-state index contributed by atoms with van der Waals surface area (Å²) >= 11 is 0. The molecule has 0 aliphatic heterocycles. The summed E-state index contributed by atoms with van der Waals surface area (Å²) in [6, 6.07) is 9.38. The Labute approximate surface area is 160 Å². The van der Waals surface area contributed by atoms with E-state index < -0.39 is 5.97 Å². The number of benzene rings is 2. The van der Waals surface area contributed by atoms with Crippen molar-refractivity contribution < 1.29 is 14.3 Å². The number of carbonyl (C=O) groups is 1. The van der Waals surface area contributed by atoms with Gasteiger partial charge in [0.2, 0.25) is 5.82 Å². The van der Waals surface area contributed by atoms with Gasteiger partial charge >= 0.3 is 5.97 Å². The van der Waals surface area contributed by atoms with E-state index in [1.54, 1.807) is 32.5 Å². The molecule has 0 atom stereocenters. The Morgan fingerprint density at radius 2 is 2.00 bits per heavy atom. The second kappa shape index (κ2) is 7.15. The molecule has 2 aromatic heterocycles. The van der Waals surface area contributed by atoms with E-state index in [2.05, 4.69) is 19.9 Å². The van der Waals surface area contributed by atoms with Gasteiger partial charge in [-0.3, -0.25) is 0 Å². The summed E-state index contributed by atoms with van der Waals surface area (Å²) in [5, 5.41) is 0.664. The lowest BCUT2D eigenvalue weighted by molar-refractivity contribution is 0.0512. The Hall–Kier alpha value is -3.68. The first-order valence-electron chi connectivity index (χ1n) is 8.83. The molecule has 0 saturated carbocycles. The number of hydrogen-bond donors (Lipinski definition) is 2. The van der Waals surface area contributed by atoms with Crippen molar-refractivity contribution in [3.8, 4) is 5.75 Å². The van der Waals surface area contributed by atoms with Gasteiger partial charge in [0, 0.05) is 11.8 Å². The van der Waals surface area contributed by atoms with Gasteiger partial charge in [0.05, 0.1) is 48.0 Å². The molecule has 0 saturated heterocycles. The van der Waals surface area contributed by atoms with Crippen LogP contribution in [0.2, 0.25) is 0 Å². The molecule has 0 aliphatic carbocycles. The van der Waals surface area contributed by atoms with Crippen LogP contribution in [-0.2, 0) is 11.2 Å². The van der Waals surface area contributed by atoms with E-state index in [0.29, 0.717) is 34.5 Å². The van der Waals surface area contributed by atoms with Crippen LogP contribution in [0.1, 0.15) is 28.8 Å². The fourth-order valence-corrected chi connectivity index (χ4v) is 3.19. The van der Waals surface area contributed by atoms with E-state index in [4.69, 9.17) is 15.2 Å². The largest absolute Gasteiger partial charge is 0.495 e. The molecule has 0 spiro atoms. The number of esters is 1. The molecule has 3 N–H and O–H groups in total. The number of fused-ring (bicyclic) bond motifs is 2. The Morgan fingerprint density at radius 3 is 2.79 bits per heavy atom. The molecule has 0 fully saturated rings. The van der Waals surface area contributed by atoms with Crippen LogP contribution < -0.4 is 10.5 Å². The van der Waals surface area contributed by atoms with Gasteiger partial charge in [-0.1, -0.05) is 6.07 Å². The number of nitrogens with one attached hydrogen (secondary N) is 1. The molecule has 0 aliphatic rings. The molecule has 0 radical (unpaired) electrons. The fourth-order valence-electron chi connectivity index (χ4n) is 3.19. The number of H-pyrrole nitrogens is 1. The van der Waals surface area contributed by atoms with Crippen molar-refractivity contribution in [2.45, 2.75) is 13.3 Å². The zero-order valence-corrected chi connectivity index (χ0v) is 15.5. The topological polar surface area (TPSA) is 116 Å². The van der Waals surface area contributed by atoms with Gasteiger partial charge in [-0.25, -0.2) is 19.7 Å². The number of methoxy groups -OCH3 is 1. The van der Waals surface area contributed by atoms with Gasteiger partial charge in [-0.15, -0.1) is 0 Å². The van der Waals surface area contributed by atoms with Crippen LogP contribution in [0.5, 0.6) is 5.75 Å². The van der Waals surface area contributed by atoms with Crippen LogP contribution in [0.4, 0.5) is 5.69 Å². The van der Waals surface area contributed by atoms with Crippen LogP contribution in [-0.4, -0.2) is 39.6 Å². The summed E-state index contributed by atoms with van der Waals surface area (Å²) < 4.78 is 10.4. The Balaban J connectivity index is 1.88. The third-order valence-corrected chi connectivity index (χ3v) is 4.47. The van der Waals surface area contributed by atoms with Gasteiger partial charge < -0.3 is 20.2 Å². The summed E-state index contributed by atoms with van der Waals surface area (Å²) in [7, 11) is 1.55. The molecular weight excluding hydrogens is 358 g/mol. The van der Waals surface area contributed by atoms with Gasteiger partial charge in [-0.2, -0.15) is 0 Å². The van der Waals surface area contributed by atoms with Crippen molar-refractivity contribution >= 4 is 33.6 Å². The number of aromatic amines is 1. The first-order chi connectivity index (χ1) is 13.6. The van der Waals surface area contributed by atoms with Gasteiger partial charge in [-0.05, 0) is 36.8 Å². The number of anilines is 1. The SMILES string of the molecule is CCOC(=O)c1nc(Cc2ccc3nc[nH]c3c2)c2c(N)c(OC)ccc2n1. The first kappa shape index (κ1) is 17.7. The maximum atomic E-state index is 12.2. The number of imidazole rings is 1. The molecule has 8 nitrogen and oxygen atoms in total. The van der Waals surface area contributed by atoms with Crippen LogP contribution >= 0.6 is 0 Å². The van der Waals surface area contributed by atoms with Crippen molar-refractivity contribution in [1.82, 2.24) is 19.9 Å². The summed E-state index contributed by atoms with van der Waals surface area (Å²) in [4.78, 5) is 28.4. The predicted molar refractivity (Wildman–Crippen MR) is 105 cm³/mol. The second-order valence-electron chi connectivity index (χ2n) is 6.22. The highest BCUT2D eigenvalue weighted by molar-refractivity contribution is 5.98. The lowest BCUT2D eigenvalue weighted by atomic mass is 10.0. The van der Waals surface area contributed by atoms with E-state index in [1.807, 2.05) is 18.2 Å². The van der Waals surface area contributed by atoms with Crippen molar-refractivity contribution in [1.29, 1.82) is 0 Å². The maximum absolute atomic E-state index is 12.2. The normalized spacial score (nSPS) is 11.1. The summed E-state index contributed by atoms with van der Waals surface area (Å²) in [5.41, 5.74) is 10.7. The molecule has 2 heterocycles. The molecule has 4 aromatic rings. The standard InChI is InChI=1S/C20H19N5O3/c1-3-28-20(26)19-24-13-6-7-16(27-2)18(21)17(13)15(25-19)9-11-4-5-12-14(8-11)23-10-22-12/h4-8,10H,3,9,21H2,1-2H3,(H,22,23). The van der Waals surface area contributed by atoms with Crippen molar-refractivity contribution in [2.24, 2.45) is 0 Å². The molecule has 28 heavy (non-hydrogen) atoms. The smallest absolute Gasteiger partial charge is 0.376 e. The van der Waals surface area contributed by atoms with Gasteiger partial charge in [0.15, 0.2) is 0 Å². The van der Waals surface area contributed by atoms with Crippen LogP contribution in [0.3, 0.4) is 0 Å². The molecule has 0 bridgehead atoms. The Kier molecular flexibility index (Phi) is 4.52. The Morgan fingerprint density at radius 1 is 1.18 bits per heavy atom. The molecule has 0 unspecified atom stereocenters. The monoisotopic (exact) mass is 377 g/mol. The number of nitrogens with two attached hydrogens (primary N) is 1. The molecule has 2 aromatic carbocycles. The lowest BCUT2D eigenvalue weighted by Crippen LogP contribution is -2.12. The predicted octanol–water partition coefficient (Wildman–Crippen LogP) is 2.86. The van der Waals surface area contributed by atoms with Gasteiger partial charge in [0.1, 0.15) is 5.75 Å². The molecule has 142 valence electrons. The second-order valence-corrected chi connectivity index (χ2v) is 6.22. The molecular formula is C20H19N5O3. The van der Waals surface area contributed by atoms with Crippen LogP contribution in [0.25, 0.3) is 21.9 Å². The average Bonchev–Trinajstić information content (AvgIpc) is 3.16. The highest BCUT2D eigenvalue weighted by Gasteiger charge is 2.18. The van der Waals surface area contributed by atoms with Crippen LogP contribution in [0.15, 0.2) is 36.7 Å². The third-order valence-electron chi connectivity index (χ3n) is 4.47. The summed E-state index contributed by atoms with van der Waals surface area (Å²) in [6.07, 6.45) is 2.11. The number of nitrogens with zero attached hydrogens (tertiary/aromatic N) is 3. The van der Waals surface area contributed by atoms with E-state index in [0.717, 1.165) is 16.6 Å². The minimum atomic E-state index is -0.566. The molecule has 0 amide bonds. The highest BCUT2D eigenvalue weighted by Crippen LogP contribution is 2.32. The first-order valence-corrected chi connectivity index (χ1v) is 8.83. The number of rotatable bonds is 5. The van der Waals surface area contributed by atoms with E-state index in [9.17, 15) is 4.79 Å². The maximum Gasteiger partial charge on any atom is 0.376 e. The van der Waals surface area contributed by atoms with E-state index in [-0.39, 0.29) is 12.4 Å². The molecule has 4 rings (SSSR count). The van der Waals surface area contributed by atoms with Crippen LogP contribution in [0, 0.1) is 0 Å². The Bertz CT molecular complexity index is 1190. The minimum Gasteiger partial charge on any atom is -0.495 e. The lowest BCUT2D eigenvalue weighted by Gasteiger charge is -2.13. The quantitative estimate of drug-likeness (QED) is 0.406. The zero-order valence-electron chi connectivity index (χ0n) is 15.5. The summed E-state index contributed by atoms with van der Waals surface area (Å²) in [5.74, 6) is -0.0224. The van der Waals surface area contributed by atoms with Crippen molar-refractivity contribution in [2.75, 3.05) is 19.5 Å². The fraction of sp³-hybridized carbons (Fsp3) is 0.200. The number of ether oxygens (including phenoxy) is 2. The van der Waals surface area contributed by atoms with Crippen molar-refractivity contribution in [3.63, 3.8) is 0 Å². The van der Waals surface area contributed by atoms with Gasteiger partial charge in [0.25, 0.3) is 0 Å². The zero-order chi connectivity index (χ0) is 19.7. The van der Waals surface area contributed by atoms with E-state index >= 15 is 0 Å². The number of nitrogen functional groups attached to an aromatic ring is 1. The minimum absolute atomic E-state index is 0.0107. The van der Waals surface area contributed by atoms with Crippen molar-refractivity contribution in [3.05, 3.63) is 53.7 Å². The number of hydrogen-bond acceptors (Lipinski definition) is 7. The average molecular weight is 377 g/mol. The highest BCUT2D eigenvalue weighted by atomic mass is 16.5. The molecule has 8 heteroatoms. The number of carbonyl (C=O) groups excluding carboxylic acids is 1. The third kappa shape index (κ3) is 3.09.